The molecule has 0 bridgehead atoms. The minimum atomic E-state index is -0.202. The maximum atomic E-state index is 12.3. The van der Waals surface area contributed by atoms with Crippen LogP contribution in [0.1, 0.15) is 5.56 Å². The van der Waals surface area contributed by atoms with Gasteiger partial charge in [-0.3, -0.25) is 9.59 Å². The summed E-state index contributed by atoms with van der Waals surface area (Å²) in [5, 5.41) is 3.76. The number of carbonyl (C=O) groups is 1. The number of amides is 1. The van der Waals surface area contributed by atoms with E-state index in [4.69, 9.17) is 11.6 Å². The van der Waals surface area contributed by atoms with Crippen molar-refractivity contribution < 1.29 is 4.79 Å². The summed E-state index contributed by atoms with van der Waals surface area (Å²) in [6.07, 6.45) is 0. The molecule has 0 atom stereocenters. The van der Waals surface area contributed by atoms with Crippen molar-refractivity contribution in [1.29, 1.82) is 0 Å². The molecule has 0 aliphatic carbocycles. The first kappa shape index (κ1) is 17.5. The Hall–Kier alpha value is -2.31. The largest absolute Gasteiger partial charge is 0.351 e. The molecular formula is C18H16ClN3O2S. The second kappa shape index (κ2) is 7.72. The van der Waals surface area contributed by atoms with Crippen molar-refractivity contribution in [3.05, 3.63) is 69.5 Å². The van der Waals surface area contributed by atoms with E-state index in [0.717, 1.165) is 28.4 Å². The summed E-state index contributed by atoms with van der Waals surface area (Å²) < 4.78 is 1.55. The Balaban J connectivity index is 1.65. The van der Waals surface area contributed by atoms with E-state index in [1.165, 1.54) is 0 Å². The molecule has 1 amide bonds. The van der Waals surface area contributed by atoms with Crippen LogP contribution in [-0.4, -0.2) is 21.2 Å². The maximum absolute atomic E-state index is 12.3. The highest BCUT2D eigenvalue weighted by atomic mass is 35.5. The molecule has 7 heteroatoms. The molecule has 0 saturated heterocycles. The number of benzene rings is 2. The fourth-order valence-electron chi connectivity index (χ4n) is 2.38. The van der Waals surface area contributed by atoms with Crippen LogP contribution < -0.4 is 10.9 Å². The number of halogens is 1. The molecule has 0 aliphatic rings. The van der Waals surface area contributed by atoms with Crippen molar-refractivity contribution in [2.45, 2.75) is 11.6 Å². The summed E-state index contributed by atoms with van der Waals surface area (Å²) in [6.45, 7) is 0.392. The number of aromatic nitrogens is 2. The average Bonchev–Trinajstić information content (AvgIpc) is 2.62. The molecule has 25 heavy (non-hydrogen) atoms. The van der Waals surface area contributed by atoms with E-state index in [1.54, 1.807) is 23.7 Å². The smallest absolute Gasteiger partial charge is 0.283 e. The summed E-state index contributed by atoms with van der Waals surface area (Å²) in [4.78, 5) is 28.7. The van der Waals surface area contributed by atoms with Crippen LogP contribution in [0.25, 0.3) is 11.0 Å². The predicted molar refractivity (Wildman–Crippen MR) is 101 cm³/mol. The number of thioether (sulfide) groups is 1. The van der Waals surface area contributed by atoms with Gasteiger partial charge in [-0.05, 0) is 29.8 Å². The molecule has 1 N–H and O–H groups in total. The van der Waals surface area contributed by atoms with E-state index >= 15 is 0 Å². The molecular weight excluding hydrogens is 358 g/mol. The molecule has 5 nitrogen and oxygen atoms in total. The van der Waals surface area contributed by atoms with E-state index in [1.807, 2.05) is 36.4 Å². The minimum absolute atomic E-state index is 0.126. The number of fused-ring (bicyclic) bond motifs is 1. The van der Waals surface area contributed by atoms with Gasteiger partial charge in [0.1, 0.15) is 0 Å². The third-order valence-corrected chi connectivity index (χ3v) is 4.85. The number of nitrogens with one attached hydrogen (secondary N) is 1. The molecule has 2 aromatic carbocycles. The number of nitrogens with zero attached hydrogens (tertiary/aromatic N) is 2. The summed E-state index contributed by atoms with van der Waals surface area (Å²) in [5.41, 5.74) is 2.21. The fourth-order valence-corrected chi connectivity index (χ4v) is 3.39. The number of aryl methyl sites for hydroxylation is 1. The summed E-state index contributed by atoms with van der Waals surface area (Å²) in [7, 11) is 1.70. The van der Waals surface area contributed by atoms with E-state index in [-0.39, 0.29) is 17.2 Å². The quantitative estimate of drug-likeness (QED) is 0.698. The zero-order valence-corrected chi connectivity index (χ0v) is 15.1. The van der Waals surface area contributed by atoms with Crippen molar-refractivity contribution in [2.24, 2.45) is 7.05 Å². The van der Waals surface area contributed by atoms with Gasteiger partial charge in [0, 0.05) is 18.6 Å². The second-order valence-corrected chi connectivity index (χ2v) is 6.87. The highest BCUT2D eigenvalue weighted by Gasteiger charge is 2.11. The SMILES string of the molecule is Cn1c(=O)c(SCC(=O)NCc2cccc(Cl)c2)nc2ccccc21. The number of hydrogen-bond donors (Lipinski definition) is 1. The second-order valence-electron chi connectivity index (χ2n) is 5.47. The molecule has 3 rings (SSSR count). The van der Waals surface area contributed by atoms with E-state index < -0.39 is 0 Å². The van der Waals surface area contributed by atoms with Crippen molar-refractivity contribution in [3.63, 3.8) is 0 Å². The van der Waals surface area contributed by atoms with E-state index in [2.05, 4.69) is 10.3 Å². The molecule has 0 spiro atoms. The van der Waals surface area contributed by atoms with Gasteiger partial charge < -0.3 is 9.88 Å². The number of rotatable bonds is 5. The lowest BCUT2D eigenvalue weighted by Gasteiger charge is -2.08. The number of hydrogen-bond acceptors (Lipinski definition) is 4. The highest BCUT2D eigenvalue weighted by Crippen LogP contribution is 2.16. The zero-order valence-electron chi connectivity index (χ0n) is 13.5. The van der Waals surface area contributed by atoms with Crippen molar-refractivity contribution in [2.75, 3.05) is 5.75 Å². The minimum Gasteiger partial charge on any atom is -0.351 e. The topological polar surface area (TPSA) is 64.0 Å². The summed E-state index contributed by atoms with van der Waals surface area (Å²) >= 11 is 7.06. The molecule has 0 radical (unpaired) electrons. The van der Waals surface area contributed by atoms with Crippen LogP contribution in [-0.2, 0) is 18.4 Å². The van der Waals surface area contributed by atoms with Crippen molar-refractivity contribution in [1.82, 2.24) is 14.9 Å². The Morgan fingerprint density at radius 1 is 1.24 bits per heavy atom. The molecule has 0 fully saturated rings. The zero-order chi connectivity index (χ0) is 17.8. The summed E-state index contributed by atoms with van der Waals surface area (Å²) in [5.74, 6) is -0.0387. The van der Waals surface area contributed by atoms with Crippen molar-refractivity contribution >= 4 is 40.3 Å². The Bertz CT molecular complexity index is 987. The van der Waals surface area contributed by atoms with Gasteiger partial charge in [-0.15, -0.1) is 0 Å². The van der Waals surface area contributed by atoms with Crippen LogP contribution >= 0.6 is 23.4 Å². The first-order valence-electron chi connectivity index (χ1n) is 7.64. The van der Waals surface area contributed by atoms with Gasteiger partial charge in [-0.2, -0.15) is 0 Å². The van der Waals surface area contributed by atoms with E-state index in [9.17, 15) is 9.59 Å². The molecule has 1 aromatic heterocycles. The lowest BCUT2D eigenvalue weighted by molar-refractivity contribution is -0.118. The first-order chi connectivity index (χ1) is 12.0. The predicted octanol–water partition coefficient (Wildman–Crippen LogP) is 3.00. The van der Waals surface area contributed by atoms with Crippen LogP contribution in [0.3, 0.4) is 0 Å². The Morgan fingerprint density at radius 3 is 2.84 bits per heavy atom. The van der Waals surface area contributed by atoms with Crippen molar-refractivity contribution in [3.8, 4) is 0 Å². The average molecular weight is 374 g/mol. The number of carbonyl (C=O) groups excluding carboxylic acids is 1. The molecule has 3 aromatic rings. The third kappa shape index (κ3) is 4.21. The van der Waals surface area contributed by atoms with Crippen LogP contribution in [0.4, 0.5) is 0 Å². The Kier molecular flexibility index (Phi) is 5.40. The van der Waals surface area contributed by atoms with E-state index in [0.29, 0.717) is 16.6 Å². The van der Waals surface area contributed by atoms with Gasteiger partial charge in [0.15, 0.2) is 5.03 Å². The molecule has 0 saturated carbocycles. The standard InChI is InChI=1S/C18H16ClN3O2S/c1-22-15-8-3-2-7-14(15)21-17(18(22)24)25-11-16(23)20-10-12-5-4-6-13(19)9-12/h2-9H,10-11H2,1H3,(H,20,23). The normalized spacial score (nSPS) is 10.8. The first-order valence-corrected chi connectivity index (χ1v) is 9.00. The molecule has 0 aliphatic heterocycles. The van der Waals surface area contributed by atoms with Gasteiger partial charge >= 0.3 is 0 Å². The monoisotopic (exact) mass is 373 g/mol. The summed E-state index contributed by atoms with van der Waals surface area (Å²) in [6, 6.07) is 14.7. The van der Waals surface area contributed by atoms with Crippen LogP contribution in [0.2, 0.25) is 5.02 Å². The lowest BCUT2D eigenvalue weighted by atomic mass is 10.2. The van der Waals surface area contributed by atoms with Crippen LogP contribution in [0.15, 0.2) is 58.4 Å². The highest BCUT2D eigenvalue weighted by molar-refractivity contribution is 7.99. The van der Waals surface area contributed by atoms with Gasteiger partial charge in [-0.1, -0.05) is 47.6 Å². The van der Waals surface area contributed by atoms with Crippen LogP contribution in [0.5, 0.6) is 0 Å². The van der Waals surface area contributed by atoms with Gasteiger partial charge in [-0.25, -0.2) is 4.98 Å². The third-order valence-electron chi connectivity index (χ3n) is 3.67. The Labute approximate surface area is 154 Å². The Morgan fingerprint density at radius 2 is 2.04 bits per heavy atom. The fraction of sp³-hybridized carbons (Fsp3) is 0.167. The van der Waals surface area contributed by atoms with Gasteiger partial charge in [0.25, 0.3) is 5.56 Å². The maximum Gasteiger partial charge on any atom is 0.283 e. The molecule has 0 unspecified atom stereocenters. The molecule has 128 valence electrons. The van der Waals surface area contributed by atoms with Crippen LogP contribution in [0, 0.1) is 0 Å². The molecule has 1 heterocycles. The van der Waals surface area contributed by atoms with Gasteiger partial charge in [0.05, 0.1) is 16.8 Å². The number of para-hydroxylation sites is 2. The van der Waals surface area contributed by atoms with Gasteiger partial charge in [0.2, 0.25) is 5.91 Å². The lowest BCUT2D eigenvalue weighted by Crippen LogP contribution is -2.26.